The van der Waals surface area contributed by atoms with Crippen molar-refractivity contribution < 1.29 is 9.84 Å². The van der Waals surface area contributed by atoms with Gasteiger partial charge in [-0.3, -0.25) is 4.99 Å². The summed E-state index contributed by atoms with van der Waals surface area (Å²) in [5, 5.41) is 17.1. The van der Waals surface area contributed by atoms with Crippen LogP contribution in [0.2, 0.25) is 0 Å². The van der Waals surface area contributed by atoms with Gasteiger partial charge in [0.1, 0.15) is 0 Å². The summed E-state index contributed by atoms with van der Waals surface area (Å²) in [5.41, 5.74) is 0.858. The summed E-state index contributed by atoms with van der Waals surface area (Å²) in [7, 11) is 1.57. The molecule has 0 aliphatic carbocycles. The maximum absolute atomic E-state index is 10.2. The number of phenols is 1. The molecule has 3 rings (SSSR count). The van der Waals surface area contributed by atoms with E-state index >= 15 is 0 Å². The number of hydrogen-bond acceptors (Lipinski definition) is 5. The van der Waals surface area contributed by atoms with Crippen LogP contribution in [0.5, 0.6) is 11.5 Å². The summed E-state index contributed by atoms with van der Waals surface area (Å²) in [6.45, 7) is 7.46. The molecule has 0 radical (unpaired) electrons. The Bertz CT molecular complexity index is 740. The summed E-state index contributed by atoms with van der Waals surface area (Å²) in [4.78, 5) is 9.53. The molecular weight excluding hydrogens is 360 g/mol. The first-order chi connectivity index (χ1) is 13.2. The first-order valence-corrected chi connectivity index (χ1v) is 10.3. The number of aromatic hydroxyl groups is 1. The van der Waals surface area contributed by atoms with Crippen molar-refractivity contribution in [2.24, 2.45) is 4.99 Å². The highest BCUT2D eigenvalue weighted by molar-refractivity contribution is 7.14. The zero-order chi connectivity index (χ0) is 19.1. The fourth-order valence-electron chi connectivity index (χ4n) is 3.23. The van der Waals surface area contributed by atoms with Crippen LogP contribution in [0.15, 0.2) is 40.7 Å². The third-order valence-corrected chi connectivity index (χ3v) is 5.61. The van der Waals surface area contributed by atoms with E-state index in [1.807, 2.05) is 12.1 Å². The number of hydrogen-bond donors (Lipinski definition) is 2. The maximum atomic E-state index is 10.2. The van der Waals surface area contributed by atoms with E-state index in [1.165, 1.54) is 5.00 Å². The van der Waals surface area contributed by atoms with Gasteiger partial charge in [0, 0.05) is 39.3 Å². The second-order valence-electron chi connectivity index (χ2n) is 6.38. The summed E-state index contributed by atoms with van der Waals surface area (Å²) in [6, 6.07) is 9.86. The van der Waals surface area contributed by atoms with E-state index in [0.717, 1.165) is 44.2 Å². The van der Waals surface area contributed by atoms with Gasteiger partial charge in [0.05, 0.1) is 12.1 Å². The highest BCUT2D eigenvalue weighted by atomic mass is 32.1. The SMILES string of the molecule is CCNC(=NCCc1cccc(OC)c1O)N1CCN(c2cccs2)CC1. The van der Waals surface area contributed by atoms with E-state index < -0.39 is 0 Å². The van der Waals surface area contributed by atoms with Gasteiger partial charge in [-0.2, -0.15) is 0 Å². The Kier molecular flexibility index (Phi) is 6.81. The quantitative estimate of drug-likeness (QED) is 0.589. The first-order valence-electron chi connectivity index (χ1n) is 9.39. The van der Waals surface area contributed by atoms with Crippen LogP contribution >= 0.6 is 11.3 Å². The molecule has 0 unspecified atom stereocenters. The predicted octanol–water partition coefficient (Wildman–Crippen LogP) is 2.79. The smallest absolute Gasteiger partial charge is 0.194 e. The monoisotopic (exact) mass is 388 g/mol. The van der Waals surface area contributed by atoms with Crippen molar-refractivity contribution in [1.29, 1.82) is 0 Å². The predicted molar refractivity (Wildman–Crippen MR) is 112 cm³/mol. The van der Waals surface area contributed by atoms with Crippen molar-refractivity contribution in [2.45, 2.75) is 13.3 Å². The number of nitrogens with one attached hydrogen (secondary N) is 1. The van der Waals surface area contributed by atoms with Crippen LogP contribution < -0.4 is 15.0 Å². The zero-order valence-electron chi connectivity index (χ0n) is 16.0. The molecule has 2 N–H and O–H groups in total. The van der Waals surface area contributed by atoms with E-state index in [1.54, 1.807) is 24.5 Å². The van der Waals surface area contributed by atoms with Crippen LogP contribution in [0.3, 0.4) is 0 Å². The summed E-state index contributed by atoms with van der Waals surface area (Å²) in [6.07, 6.45) is 0.674. The van der Waals surface area contributed by atoms with Crippen LogP contribution in [-0.2, 0) is 6.42 Å². The van der Waals surface area contributed by atoms with Crippen LogP contribution in [0.25, 0.3) is 0 Å². The largest absolute Gasteiger partial charge is 0.504 e. The number of thiophene rings is 1. The van der Waals surface area contributed by atoms with Crippen LogP contribution in [0.4, 0.5) is 5.00 Å². The van der Waals surface area contributed by atoms with Crippen LogP contribution in [-0.4, -0.2) is 62.3 Å². The molecule has 1 aliphatic heterocycles. The number of para-hydroxylation sites is 1. The first kappa shape index (κ1) is 19.4. The number of guanidine groups is 1. The summed E-state index contributed by atoms with van der Waals surface area (Å²) < 4.78 is 5.18. The molecule has 146 valence electrons. The van der Waals surface area contributed by atoms with Crippen molar-refractivity contribution in [3.05, 3.63) is 41.3 Å². The molecule has 0 atom stereocenters. The van der Waals surface area contributed by atoms with Gasteiger partial charge in [-0.15, -0.1) is 11.3 Å². The normalized spacial score (nSPS) is 15.1. The standard InChI is InChI=1S/C20H28N4O2S/c1-3-21-20(22-10-9-16-6-4-7-17(26-2)19(16)25)24-13-11-23(12-14-24)18-8-5-15-27-18/h4-8,15,25H,3,9-14H2,1-2H3,(H,21,22). The Hall–Kier alpha value is -2.41. The van der Waals surface area contributed by atoms with Gasteiger partial charge in [0.2, 0.25) is 0 Å². The average molecular weight is 389 g/mol. The fraction of sp³-hybridized carbons (Fsp3) is 0.450. The second kappa shape index (κ2) is 9.50. The van der Waals surface area contributed by atoms with Gasteiger partial charge in [0.25, 0.3) is 0 Å². The molecule has 2 heterocycles. The Labute approximate surface area is 165 Å². The van der Waals surface area contributed by atoms with Gasteiger partial charge < -0.3 is 25.0 Å². The molecule has 0 bridgehead atoms. The molecule has 1 fully saturated rings. The average Bonchev–Trinajstić information content (AvgIpc) is 3.23. The molecule has 1 aromatic carbocycles. The minimum Gasteiger partial charge on any atom is -0.504 e. The lowest BCUT2D eigenvalue weighted by Crippen LogP contribution is -2.52. The van der Waals surface area contributed by atoms with Crippen LogP contribution in [0, 0.1) is 0 Å². The molecule has 7 heteroatoms. The number of ether oxygens (including phenoxy) is 1. The van der Waals surface area contributed by atoms with E-state index in [2.05, 4.69) is 39.6 Å². The number of methoxy groups -OCH3 is 1. The van der Waals surface area contributed by atoms with Crippen molar-refractivity contribution in [2.75, 3.05) is 51.3 Å². The van der Waals surface area contributed by atoms with Gasteiger partial charge in [-0.25, -0.2) is 0 Å². The molecular formula is C20H28N4O2S. The van der Waals surface area contributed by atoms with Gasteiger partial charge in [-0.05, 0) is 42.5 Å². The molecule has 0 amide bonds. The summed E-state index contributed by atoms with van der Waals surface area (Å²) in [5.74, 6) is 1.67. The number of aliphatic imine (C=N–C) groups is 1. The Morgan fingerprint density at radius 3 is 2.70 bits per heavy atom. The van der Waals surface area contributed by atoms with E-state index in [-0.39, 0.29) is 5.75 Å². The topological polar surface area (TPSA) is 60.3 Å². The van der Waals surface area contributed by atoms with Crippen molar-refractivity contribution in [3.63, 3.8) is 0 Å². The third-order valence-electron chi connectivity index (χ3n) is 4.68. The zero-order valence-corrected chi connectivity index (χ0v) is 16.8. The van der Waals surface area contributed by atoms with E-state index in [9.17, 15) is 5.11 Å². The number of anilines is 1. The molecule has 1 aliphatic rings. The molecule has 27 heavy (non-hydrogen) atoms. The Morgan fingerprint density at radius 2 is 2.04 bits per heavy atom. The number of nitrogens with zero attached hydrogens (tertiary/aromatic N) is 3. The van der Waals surface area contributed by atoms with E-state index in [4.69, 9.17) is 9.73 Å². The number of benzene rings is 1. The van der Waals surface area contributed by atoms with Crippen molar-refractivity contribution in [1.82, 2.24) is 10.2 Å². The van der Waals surface area contributed by atoms with Gasteiger partial charge in [0.15, 0.2) is 17.5 Å². The third kappa shape index (κ3) is 4.86. The lowest BCUT2D eigenvalue weighted by Gasteiger charge is -2.37. The van der Waals surface area contributed by atoms with Crippen molar-refractivity contribution in [3.8, 4) is 11.5 Å². The Balaban J connectivity index is 1.59. The minimum atomic E-state index is 0.213. The molecule has 0 saturated carbocycles. The molecule has 1 aromatic heterocycles. The van der Waals surface area contributed by atoms with E-state index in [0.29, 0.717) is 18.7 Å². The fourth-order valence-corrected chi connectivity index (χ4v) is 4.02. The highest BCUT2D eigenvalue weighted by Crippen LogP contribution is 2.29. The number of piperazine rings is 1. The van der Waals surface area contributed by atoms with Crippen molar-refractivity contribution >= 4 is 22.3 Å². The van der Waals surface area contributed by atoms with Gasteiger partial charge >= 0.3 is 0 Å². The minimum absolute atomic E-state index is 0.213. The lowest BCUT2D eigenvalue weighted by atomic mass is 10.1. The van der Waals surface area contributed by atoms with Gasteiger partial charge in [-0.1, -0.05) is 12.1 Å². The number of phenolic OH excluding ortho intramolecular Hbond substituents is 1. The molecule has 2 aromatic rings. The molecule has 6 nitrogen and oxygen atoms in total. The molecule has 1 saturated heterocycles. The van der Waals surface area contributed by atoms with Crippen LogP contribution in [0.1, 0.15) is 12.5 Å². The Morgan fingerprint density at radius 1 is 1.22 bits per heavy atom. The lowest BCUT2D eigenvalue weighted by molar-refractivity contribution is 0.370. The second-order valence-corrected chi connectivity index (χ2v) is 7.31. The molecule has 0 spiro atoms. The maximum Gasteiger partial charge on any atom is 0.194 e. The highest BCUT2D eigenvalue weighted by Gasteiger charge is 2.20. The summed E-state index contributed by atoms with van der Waals surface area (Å²) >= 11 is 1.79. The number of rotatable bonds is 6.